The number of urea groups is 1. The van der Waals surface area contributed by atoms with Crippen LogP contribution in [-0.4, -0.2) is 30.6 Å². The second-order valence-corrected chi connectivity index (χ2v) is 4.45. The molecule has 0 atom stereocenters. The van der Waals surface area contributed by atoms with Crippen molar-refractivity contribution in [2.75, 3.05) is 19.6 Å². The van der Waals surface area contributed by atoms with Crippen LogP contribution in [0.5, 0.6) is 0 Å². The molecule has 1 aliphatic rings. The first kappa shape index (κ1) is 12.8. The van der Waals surface area contributed by atoms with Gasteiger partial charge in [-0.15, -0.1) is 0 Å². The number of amides is 2. The molecule has 0 aliphatic carbocycles. The van der Waals surface area contributed by atoms with Crippen LogP contribution in [0.4, 0.5) is 13.6 Å². The number of carbonyl (C=O) groups excluding carboxylic acids is 1. The van der Waals surface area contributed by atoms with Gasteiger partial charge in [0.2, 0.25) is 0 Å². The van der Waals surface area contributed by atoms with Gasteiger partial charge in [-0.3, -0.25) is 0 Å². The predicted molar refractivity (Wildman–Crippen MR) is 64.3 cm³/mol. The number of likely N-dealkylation sites (tertiary alicyclic amines) is 1. The zero-order valence-electron chi connectivity index (χ0n) is 10.1. The molecule has 0 radical (unpaired) electrons. The van der Waals surface area contributed by atoms with Crippen LogP contribution >= 0.6 is 0 Å². The summed E-state index contributed by atoms with van der Waals surface area (Å²) in [5.74, 6) is -1.17. The molecule has 1 aromatic carbocycles. The molecule has 98 valence electrons. The van der Waals surface area contributed by atoms with Gasteiger partial charge in [0.1, 0.15) is 11.6 Å². The van der Waals surface area contributed by atoms with Crippen LogP contribution in [-0.2, 0) is 6.42 Å². The molecule has 5 heteroatoms. The van der Waals surface area contributed by atoms with Gasteiger partial charge in [-0.25, -0.2) is 13.6 Å². The number of hydrogen-bond donors (Lipinski definition) is 1. The number of halogens is 2. The van der Waals surface area contributed by atoms with Gasteiger partial charge in [0.05, 0.1) is 0 Å². The van der Waals surface area contributed by atoms with Crippen LogP contribution in [0.1, 0.15) is 18.4 Å². The maximum Gasteiger partial charge on any atom is 0.317 e. The summed E-state index contributed by atoms with van der Waals surface area (Å²) in [5.41, 5.74) is 0.550. The van der Waals surface area contributed by atoms with Crippen molar-refractivity contribution in [3.05, 3.63) is 35.4 Å². The Morgan fingerprint density at radius 3 is 2.39 bits per heavy atom. The van der Waals surface area contributed by atoms with Gasteiger partial charge in [-0.05, 0) is 37.0 Å². The highest BCUT2D eigenvalue weighted by molar-refractivity contribution is 5.74. The number of nitrogens with one attached hydrogen (secondary N) is 1. The SMILES string of the molecule is O=C(NCCc1cc(F)cc(F)c1)N1CCCC1. The van der Waals surface area contributed by atoms with Gasteiger partial charge < -0.3 is 10.2 Å². The van der Waals surface area contributed by atoms with E-state index in [1.54, 1.807) is 4.90 Å². The quantitative estimate of drug-likeness (QED) is 0.882. The molecule has 1 aliphatic heterocycles. The highest BCUT2D eigenvalue weighted by Gasteiger charge is 2.16. The van der Waals surface area contributed by atoms with Crippen molar-refractivity contribution in [1.82, 2.24) is 10.2 Å². The summed E-state index contributed by atoms with van der Waals surface area (Å²) in [6, 6.07) is 3.31. The van der Waals surface area contributed by atoms with Crippen molar-refractivity contribution in [2.45, 2.75) is 19.3 Å². The lowest BCUT2D eigenvalue weighted by Crippen LogP contribution is -2.38. The minimum absolute atomic E-state index is 0.0932. The predicted octanol–water partition coefficient (Wildman–Crippen LogP) is 2.31. The second-order valence-electron chi connectivity index (χ2n) is 4.45. The fourth-order valence-corrected chi connectivity index (χ4v) is 2.10. The average molecular weight is 254 g/mol. The maximum atomic E-state index is 12.9. The van der Waals surface area contributed by atoms with Gasteiger partial charge in [-0.2, -0.15) is 0 Å². The van der Waals surface area contributed by atoms with E-state index >= 15 is 0 Å². The third kappa shape index (κ3) is 3.42. The molecule has 1 heterocycles. The largest absolute Gasteiger partial charge is 0.338 e. The molecule has 0 aromatic heterocycles. The van der Waals surface area contributed by atoms with Gasteiger partial charge in [0.25, 0.3) is 0 Å². The molecule has 3 nitrogen and oxygen atoms in total. The number of carbonyl (C=O) groups is 1. The van der Waals surface area contributed by atoms with Gasteiger partial charge in [0, 0.05) is 25.7 Å². The molecule has 1 aromatic rings. The molecule has 2 amide bonds. The molecule has 0 unspecified atom stereocenters. The van der Waals surface area contributed by atoms with E-state index in [-0.39, 0.29) is 6.03 Å². The first-order valence-corrected chi connectivity index (χ1v) is 6.13. The molecule has 2 rings (SSSR count). The van der Waals surface area contributed by atoms with E-state index in [1.807, 2.05) is 0 Å². The highest BCUT2D eigenvalue weighted by atomic mass is 19.1. The number of nitrogens with zero attached hydrogens (tertiary/aromatic N) is 1. The van der Waals surface area contributed by atoms with Crippen LogP contribution in [0.15, 0.2) is 18.2 Å². The van der Waals surface area contributed by atoms with E-state index in [1.165, 1.54) is 12.1 Å². The number of hydrogen-bond acceptors (Lipinski definition) is 1. The standard InChI is InChI=1S/C13H16F2N2O/c14-11-7-10(8-12(15)9-11)3-4-16-13(18)17-5-1-2-6-17/h7-9H,1-6H2,(H,16,18). The fourth-order valence-electron chi connectivity index (χ4n) is 2.10. The lowest BCUT2D eigenvalue weighted by atomic mass is 10.1. The van der Waals surface area contributed by atoms with Crippen molar-refractivity contribution in [3.8, 4) is 0 Å². The lowest BCUT2D eigenvalue weighted by Gasteiger charge is -2.16. The smallest absolute Gasteiger partial charge is 0.317 e. The van der Waals surface area contributed by atoms with E-state index in [9.17, 15) is 13.6 Å². The summed E-state index contributed by atoms with van der Waals surface area (Å²) in [7, 11) is 0. The summed E-state index contributed by atoms with van der Waals surface area (Å²) in [6.45, 7) is 1.97. The zero-order valence-corrected chi connectivity index (χ0v) is 10.1. The van der Waals surface area contributed by atoms with E-state index in [0.29, 0.717) is 18.5 Å². The fraction of sp³-hybridized carbons (Fsp3) is 0.462. The highest BCUT2D eigenvalue weighted by Crippen LogP contribution is 2.09. The van der Waals surface area contributed by atoms with Crippen LogP contribution in [0.3, 0.4) is 0 Å². The van der Waals surface area contributed by atoms with E-state index in [0.717, 1.165) is 32.0 Å². The minimum atomic E-state index is -0.587. The van der Waals surface area contributed by atoms with E-state index < -0.39 is 11.6 Å². The van der Waals surface area contributed by atoms with Crippen LogP contribution in [0.25, 0.3) is 0 Å². The Kier molecular flexibility index (Phi) is 4.12. The Balaban J connectivity index is 1.79. The molecular weight excluding hydrogens is 238 g/mol. The van der Waals surface area contributed by atoms with Crippen LogP contribution in [0, 0.1) is 11.6 Å². The van der Waals surface area contributed by atoms with Crippen molar-refractivity contribution < 1.29 is 13.6 Å². The van der Waals surface area contributed by atoms with Crippen molar-refractivity contribution in [2.24, 2.45) is 0 Å². The second kappa shape index (κ2) is 5.80. The molecule has 0 spiro atoms. The van der Waals surface area contributed by atoms with Crippen molar-refractivity contribution in [3.63, 3.8) is 0 Å². The van der Waals surface area contributed by atoms with E-state index in [2.05, 4.69) is 5.32 Å². The summed E-state index contributed by atoms with van der Waals surface area (Å²) in [4.78, 5) is 13.4. The third-order valence-corrected chi connectivity index (χ3v) is 3.01. The normalized spacial score (nSPS) is 14.9. The maximum absolute atomic E-state index is 12.9. The number of rotatable bonds is 3. The van der Waals surface area contributed by atoms with Crippen LogP contribution in [0.2, 0.25) is 0 Å². The molecular formula is C13H16F2N2O. The molecule has 1 saturated heterocycles. The van der Waals surface area contributed by atoms with Gasteiger partial charge in [-0.1, -0.05) is 0 Å². The lowest BCUT2D eigenvalue weighted by molar-refractivity contribution is 0.209. The minimum Gasteiger partial charge on any atom is -0.338 e. The first-order chi connectivity index (χ1) is 8.65. The Morgan fingerprint density at radius 2 is 1.78 bits per heavy atom. The molecule has 0 bridgehead atoms. The summed E-state index contributed by atoms with van der Waals surface area (Å²) < 4.78 is 25.8. The van der Waals surface area contributed by atoms with E-state index in [4.69, 9.17) is 0 Å². The summed E-state index contributed by atoms with van der Waals surface area (Å²) in [5, 5.41) is 2.75. The Bertz CT molecular complexity index is 411. The zero-order chi connectivity index (χ0) is 13.0. The van der Waals surface area contributed by atoms with Gasteiger partial charge >= 0.3 is 6.03 Å². The van der Waals surface area contributed by atoms with Gasteiger partial charge in [0.15, 0.2) is 0 Å². The molecule has 18 heavy (non-hydrogen) atoms. The van der Waals surface area contributed by atoms with Crippen LogP contribution < -0.4 is 5.32 Å². The topological polar surface area (TPSA) is 32.3 Å². The first-order valence-electron chi connectivity index (χ1n) is 6.13. The van der Waals surface area contributed by atoms with Crippen molar-refractivity contribution in [1.29, 1.82) is 0 Å². The molecule has 1 N–H and O–H groups in total. The average Bonchev–Trinajstić information content (AvgIpc) is 2.80. The Morgan fingerprint density at radius 1 is 1.17 bits per heavy atom. The monoisotopic (exact) mass is 254 g/mol. The third-order valence-electron chi connectivity index (χ3n) is 3.01. The molecule has 0 saturated carbocycles. The van der Waals surface area contributed by atoms with Crippen molar-refractivity contribution >= 4 is 6.03 Å². The summed E-state index contributed by atoms with van der Waals surface area (Å²) >= 11 is 0. The summed E-state index contributed by atoms with van der Waals surface area (Å²) in [6.07, 6.45) is 2.51. The number of benzene rings is 1. The Hall–Kier alpha value is -1.65. The Labute approximate surface area is 105 Å². The molecule has 1 fully saturated rings.